The second-order valence-corrected chi connectivity index (χ2v) is 4.28. The minimum absolute atomic E-state index is 0.595. The highest BCUT2D eigenvalue weighted by molar-refractivity contribution is 5.77. The first-order valence-corrected chi connectivity index (χ1v) is 5.07. The zero-order valence-corrected chi connectivity index (χ0v) is 9.53. The van der Waals surface area contributed by atoms with E-state index in [9.17, 15) is 0 Å². The third kappa shape index (κ3) is 1.98. The third-order valence-corrected chi connectivity index (χ3v) is 2.23. The largest absolute Gasteiger partial charge is 0.441 e. The van der Waals surface area contributed by atoms with E-state index >= 15 is 0 Å². The monoisotopic (exact) mass is 215 g/mol. The highest BCUT2D eigenvalue weighted by Gasteiger charge is 2.16. The predicted octanol–water partition coefficient (Wildman–Crippen LogP) is 2.85. The van der Waals surface area contributed by atoms with Crippen LogP contribution < -0.4 is 5.32 Å². The van der Waals surface area contributed by atoms with E-state index in [-0.39, 0.29) is 0 Å². The van der Waals surface area contributed by atoms with Gasteiger partial charge in [-0.2, -0.15) is 5.26 Å². The zero-order chi connectivity index (χ0) is 11.8. The number of anilines is 1. The number of nitrogens with zero attached hydrogens (tertiary/aromatic N) is 2. The summed E-state index contributed by atoms with van der Waals surface area (Å²) in [5, 5.41) is 12.0. The van der Waals surface area contributed by atoms with Crippen LogP contribution in [0.2, 0.25) is 0 Å². The molecule has 0 saturated carbocycles. The normalized spacial score (nSPS) is 11.4. The lowest BCUT2D eigenvalue weighted by molar-refractivity contribution is 0.561. The first kappa shape index (κ1) is 10.5. The van der Waals surface area contributed by atoms with Gasteiger partial charge in [0, 0.05) is 18.7 Å². The number of nitriles is 1. The molecule has 0 fully saturated rings. The van der Waals surface area contributed by atoms with Gasteiger partial charge < -0.3 is 9.73 Å². The smallest absolute Gasteiger partial charge is 0.192 e. The topological polar surface area (TPSA) is 61.9 Å². The Bertz CT molecular complexity index is 563. The minimum Gasteiger partial charge on any atom is -0.441 e. The SMILES string of the molecule is Cc1nc2ccc(NC(C)(C)C#N)cc2o1. The number of aromatic nitrogens is 1. The molecule has 0 aliphatic heterocycles. The Balaban J connectivity index is 2.37. The standard InChI is InChI=1S/C12H13N3O/c1-8-14-10-5-4-9(6-11(10)16-8)15-12(2,3)7-13/h4-6,15H,1-3H3. The maximum atomic E-state index is 8.92. The number of rotatable bonds is 2. The number of oxazole rings is 1. The molecule has 4 heteroatoms. The van der Waals surface area contributed by atoms with Crippen LogP contribution in [0.5, 0.6) is 0 Å². The molecule has 0 atom stereocenters. The van der Waals surface area contributed by atoms with Crippen molar-refractivity contribution in [1.29, 1.82) is 5.26 Å². The van der Waals surface area contributed by atoms with Crippen molar-refractivity contribution in [3.8, 4) is 6.07 Å². The van der Waals surface area contributed by atoms with E-state index in [1.165, 1.54) is 0 Å². The summed E-state index contributed by atoms with van der Waals surface area (Å²) in [5.41, 5.74) is 1.83. The van der Waals surface area contributed by atoms with Crippen LogP contribution >= 0.6 is 0 Å². The van der Waals surface area contributed by atoms with Gasteiger partial charge in [0.15, 0.2) is 11.5 Å². The maximum absolute atomic E-state index is 8.92. The Morgan fingerprint density at radius 1 is 1.44 bits per heavy atom. The summed E-state index contributed by atoms with van der Waals surface area (Å²) in [6, 6.07) is 7.81. The predicted molar refractivity (Wildman–Crippen MR) is 62.1 cm³/mol. The molecule has 0 spiro atoms. The van der Waals surface area contributed by atoms with Gasteiger partial charge in [0.05, 0.1) is 6.07 Å². The lowest BCUT2D eigenvalue weighted by atomic mass is 10.1. The van der Waals surface area contributed by atoms with Gasteiger partial charge in [0.25, 0.3) is 0 Å². The van der Waals surface area contributed by atoms with Gasteiger partial charge in [0.1, 0.15) is 11.1 Å². The Kier molecular flexibility index (Phi) is 2.31. The zero-order valence-electron chi connectivity index (χ0n) is 9.53. The number of aryl methyl sites for hydroxylation is 1. The van der Waals surface area contributed by atoms with E-state index < -0.39 is 5.54 Å². The molecule has 1 aromatic heterocycles. The molecular weight excluding hydrogens is 202 g/mol. The molecule has 1 aromatic carbocycles. The summed E-state index contributed by atoms with van der Waals surface area (Å²) in [6.45, 7) is 5.46. The van der Waals surface area contributed by atoms with Crippen LogP contribution in [0.1, 0.15) is 19.7 Å². The molecule has 0 aliphatic rings. The lowest BCUT2D eigenvalue weighted by Crippen LogP contribution is -2.28. The summed E-state index contributed by atoms with van der Waals surface area (Å²) in [7, 11) is 0. The van der Waals surface area contributed by atoms with Crippen molar-refractivity contribution in [3.63, 3.8) is 0 Å². The summed E-state index contributed by atoms with van der Waals surface area (Å²) in [6.07, 6.45) is 0. The van der Waals surface area contributed by atoms with E-state index in [1.54, 1.807) is 0 Å². The van der Waals surface area contributed by atoms with E-state index in [0.717, 1.165) is 16.8 Å². The van der Waals surface area contributed by atoms with Crippen LogP contribution in [0.3, 0.4) is 0 Å². The van der Waals surface area contributed by atoms with Crippen LogP contribution in [-0.4, -0.2) is 10.5 Å². The quantitative estimate of drug-likeness (QED) is 0.836. The van der Waals surface area contributed by atoms with Gasteiger partial charge in [0.2, 0.25) is 0 Å². The first-order valence-electron chi connectivity index (χ1n) is 5.07. The highest BCUT2D eigenvalue weighted by Crippen LogP contribution is 2.22. The van der Waals surface area contributed by atoms with Crippen molar-refractivity contribution in [3.05, 3.63) is 24.1 Å². The van der Waals surface area contributed by atoms with Crippen molar-refractivity contribution in [1.82, 2.24) is 4.98 Å². The number of benzene rings is 1. The molecule has 0 amide bonds. The summed E-state index contributed by atoms with van der Waals surface area (Å²) >= 11 is 0. The third-order valence-electron chi connectivity index (χ3n) is 2.23. The van der Waals surface area contributed by atoms with Gasteiger partial charge >= 0.3 is 0 Å². The Hall–Kier alpha value is -2.02. The van der Waals surface area contributed by atoms with Gasteiger partial charge in [-0.25, -0.2) is 4.98 Å². The van der Waals surface area contributed by atoms with E-state index in [4.69, 9.17) is 9.68 Å². The fourth-order valence-corrected chi connectivity index (χ4v) is 1.51. The number of hydrogen-bond acceptors (Lipinski definition) is 4. The average molecular weight is 215 g/mol. The number of nitrogens with one attached hydrogen (secondary N) is 1. The number of hydrogen-bond donors (Lipinski definition) is 1. The molecule has 0 unspecified atom stereocenters. The molecule has 0 bridgehead atoms. The Morgan fingerprint density at radius 3 is 2.88 bits per heavy atom. The molecule has 0 aliphatic carbocycles. The van der Waals surface area contributed by atoms with Crippen molar-refractivity contribution < 1.29 is 4.42 Å². The molecule has 2 aromatic rings. The molecule has 0 radical (unpaired) electrons. The van der Waals surface area contributed by atoms with E-state index in [2.05, 4.69) is 16.4 Å². The van der Waals surface area contributed by atoms with Gasteiger partial charge in [-0.15, -0.1) is 0 Å². The van der Waals surface area contributed by atoms with Crippen LogP contribution in [0, 0.1) is 18.3 Å². The second kappa shape index (κ2) is 3.53. The molecule has 4 nitrogen and oxygen atoms in total. The second-order valence-electron chi connectivity index (χ2n) is 4.28. The fourth-order valence-electron chi connectivity index (χ4n) is 1.51. The van der Waals surface area contributed by atoms with Crippen molar-refractivity contribution in [2.24, 2.45) is 0 Å². The molecular formula is C12H13N3O. The molecule has 82 valence electrons. The maximum Gasteiger partial charge on any atom is 0.192 e. The Morgan fingerprint density at radius 2 is 2.19 bits per heavy atom. The highest BCUT2D eigenvalue weighted by atomic mass is 16.3. The van der Waals surface area contributed by atoms with Gasteiger partial charge in [-0.3, -0.25) is 0 Å². The molecule has 1 N–H and O–H groups in total. The lowest BCUT2D eigenvalue weighted by Gasteiger charge is -2.18. The van der Waals surface area contributed by atoms with Crippen molar-refractivity contribution in [2.75, 3.05) is 5.32 Å². The molecule has 2 rings (SSSR count). The van der Waals surface area contributed by atoms with Crippen LogP contribution in [-0.2, 0) is 0 Å². The molecule has 1 heterocycles. The van der Waals surface area contributed by atoms with Crippen LogP contribution in [0.4, 0.5) is 5.69 Å². The van der Waals surface area contributed by atoms with Crippen LogP contribution in [0.15, 0.2) is 22.6 Å². The Labute approximate surface area is 93.9 Å². The van der Waals surface area contributed by atoms with Gasteiger partial charge in [-0.1, -0.05) is 0 Å². The van der Waals surface area contributed by atoms with Crippen molar-refractivity contribution >= 4 is 16.8 Å². The van der Waals surface area contributed by atoms with E-state index in [1.807, 2.05) is 39.0 Å². The number of fused-ring (bicyclic) bond motifs is 1. The minimum atomic E-state index is -0.595. The molecule has 0 saturated heterocycles. The van der Waals surface area contributed by atoms with Crippen molar-refractivity contribution in [2.45, 2.75) is 26.3 Å². The van der Waals surface area contributed by atoms with E-state index in [0.29, 0.717) is 5.89 Å². The first-order chi connectivity index (χ1) is 7.50. The molecule has 16 heavy (non-hydrogen) atoms. The summed E-state index contributed by atoms with van der Waals surface area (Å²) in [4.78, 5) is 4.21. The fraction of sp³-hybridized carbons (Fsp3) is 0.333. The average Bonchev–Trinajstić information content (AvgIpc) is 2.57. The summed E-state index contributed by atoms with van der Waals surface area (Å²) < 4.78 is 5.42. The van der Waals surface area contributed by atoms with Crippen LogP contribution in [0.25, 0.3) is 11.1 Å². The van der Waals surface area contributed by atoms with Gasteiger partial charge in [-0.05, 0) is 26.0 Å². The summed E-state index contributed by atoms with van der Waals surface area (Å²) in [5.74, 6) is 0.645.